The normalized spacial score (nSPS) is 26.1. The smallest absolute Gasteiger partial charge is 0.129 e. The lowest BCUT2D eigenvalue weighted by Gasteiger charge is -2.38. The number of hydrogen-bond donors (Lipinski definition) is 1. The summed E-state index contributed by atoms with van der Waals surface area (Å²) in [4.78, 5) is 6.47. The number of rotatable bonds is 3. The summed E-state index contributed by atoms with van der Waals surface area (Å²) >= 11 is 5.90. The Balaban J connectivity index is 2.02. The summed E-state index contributed by atoms with van der Waals surface area (Å²) in [5, 5.41) is 0.567. The molecule has 17 heavy (non-hydrogen) atoms. The van der Waals surface area contributed by atoms with E-state index < -0.39 is 0 Å². The molecule has 2 rings (SSSR count). The van der Waals surface area contributed by atoms with Crippen molar-refractivity contribution in [1.29, 1.82) is 0 Å². The standard InChI is InChI=1S/C13H20ClN3/c1-10-3-5-17(12(6-10)8-15)9-11-2-4-16-13(14)7-11/h2,4,7,10,12H,3,5-6,8-9,15H2,1H3. The molecule has 0 bridgehead atoms. The van der Waals surface area contributed by atoms with Gasteiger partial charge in [0, 0.05) is 25.3 Å². The van der Waals surface area contributed by atoms with Crippen molar-refractivity contribution in [3.8, 4) is 0 Å². The molecule has 2 heterocycles. The number of nitrogens with two attached hydrogens (primary N) is 1. The summed E-state index contributed by atoms with van der Waals surface area (Å²) in [6, 6.07) is 4.47. The van der Waals surface area contributed by atoms with E-state index in [0.717, 1.165) is 25.6 Å². The molecule has 1 saturated heterocycles. The second-order valence-electron chi connectivity index (χ2n) is 4.98. The predicted molar refractivity (Wildman–Crippen MR) is 70.9 cm³/mol. The van der Waals surface area contributed by atoms with Crippen LogP contribution < -0.4 is 5.73 Å². The third kappa shape index (κ3) is 3.41. The van der Waals surface area contributed by atoms with Crippen molar-refractivity contribution < 1.29 is 0 Å². The van der Waals surface area contributed by atoms with E-state index >= 15 is 0 Å². The van der Waals surface area contributed by atoms with Crippen LogP contribution in [0.25, 0.3) is 0 Å². The predicted octanol–water partition coefficient (Wildman–Crippen LogP) is 2.29. The molecule has 0 amide bonds. The fourth-order valence-corrected chi connectivity index (χ4v) is 2.73. The van der Waals surface area contributed by atoms with Gasteiger partial charge in [0.1, 0.15) is 5.15 Å². The van der Waals surface area contributed by atoms with Gasteiger partial charge >= 0.3 is 0 Å². The molecular formula is C13H20ClN3. The van der Waals surface area contributed by atoms with Crippen LogP contribution in [0.15, 0.2) is 18.3 Å². The van der Waals surface area contributed by atoms with Crippen LogP contribution >= 0.6 is 11.6 Å². The lowest BCUT2D eigenvalue weighted by Crippen LogP contribution is -2.45. The van der Waals surface area contributed by atoms with Crippen LogP contribution in [0.2, 0.25) is 5.15 Å². The molecule has 1 aliphatic rings. The van der Waals surface area contributed by atoms with Crippen LogP contribution in [0.1, 0.15) is 25.3 Å². The average Bonchev–Trinajstić information content (AvgIpc) is 2.31. The fourth-order valence-electron chi connectivity index (χ4n) is 2.53. The Bertz CT molecular complexity index is 369. The number of halogens is 1. The quantitative estimate of drug-likeness (QED) is 0.841. The second-order valence-corrected chi connectivity index (χ2v) is 5.36. The number of pyridine rings is 1. The molecule has 2 N–H and O–H groups in total. The van der Waals surface area contributed by atoms with Crippen molar-refractivity contribution in [3.05, 3.63) is 29.0 Å². The minimum absolute atomic E-state index is 0.505. The number of aromatic nitrogens is 1. The van der Waals surface area contributed by atoms with Crippen molar-refractivity contribution >= 4 is 11.6 Å². The van der Waals surface area contributed by atoms with Crippen molar-refractivity contribution in [3.63, 3.8) is 0 Å². The van der Waals surface area contributed by atoms with E-state index in [1.807, 2.05) is 12.1 Å². The molecule has 2 unspecified atom stereocenters. The second kappa shape index (κ2) is 5.80. The molecule has 0 saturated carbocycles. The van der Waals surface area contributed by atoms with E-state index in [1.165, 1.54) is 18.4 Å². The van der Waals surface area contributed by atoms with Gasteiger partial charge in [-0.05, 0) is 43.0 Å². The molecule has 94 valence electrons. The summed E-state index contributed by atoms with van der Waals surface area (Å²) < 4.78 is 0. The number of piperidine rings is 1. The number of hydrogen-bond acceptors (Lipinski definition) is 3. The van der Waals surface area contributed by atoms with Gasteiger partial charge in [-0.2, -0.15) is 0 Å². The zero-order chi connectivity index (χ0) is 12.3. The molecule has 4 heteroatoms. The molecule has 1 fully saturated rings. The summed E-state index contributed by atoms with van der Waals surface area (Å²) in [6.07, 6.45) is 4.23. The third-order valence-electron chi connectivity index (χ3n) is 3.55. The van der Waals surface area contributed by atoms with Crippen LogP contribution in [0, 0.1) is 5.92 Å². The Labute approximate surface area is 108 Å². The maximum absolute atomic E-state index is 5.90. The first-order valence-corrected chi connectivity index (χ1v) is 6.61. The van der Waals surface area contributed by atoms with Gasteiger partial charge in [0.15, 0.2) is 0 Å². The maximum Gasteiger partial charge on any atom is 0.129 e. The van der Waals surface area contributed by atoms with E-state index in [4.69, 9.17) is 17.3 Å². The topological polar surface area (TPSA) is 42.2 Å². The highest BCUT2D eigenvalue weighted by atomic mass is 35.5. The Morgan fingerprint density at radius 2 is 2.41 bits per heavy atom. The van der Waals surface area contributed by atoms with Gasteiger partial charge in [0.2, 0.25) is 0 Å². The van der Waals surface area contributed by atoms with Crippen molar-refractivity contribution in [2.75, 3.05) is 13.1 Å². The van der Waals surface area contributed by atoms with Gasteiger partial charge < -0.3 is 5.73 Å². The van der Waals surface area contributed by atoms with Crippen LogP contribution in [0.5, 0.6) is 0 Å². The monoisotopic (exact) mass is 253 g/mol. The van der Waals surface area contributed by atoms with E-state index in [0.29, 0.717) is 11.2 Å². The average molecular weight is 254 g/mol. The minimum atomic E-state index is 0.505. The van der Waals surface area contributed by atoms with Gasteiger partial charge in [-0.25, -0.2) is 4.98 Å². The van der Waals surface area contributed by atoms with E-state index in [-0.39, 0.29) is 0 Å². The summed E-state index contributed by atoms with van der Waals surface area (Å²) in [6.45, 7) is 5.10. The molecule has 1 aromatic rings. The summed E-state index contributed by atoms with van der Waals surface area (Å²) in [7, 11) is 0. The first-order chi connectivity index (χ1) is 8.19. The van der Waals surface area contributed by atoms with E-state index in [2.05, 4.69) is 16.8 Å². The molecule has 1 aliphatic heterocycles. The van der Waals surface area contributed by atoms with Gasteiger partial charge in [0.05, 0.1) is 0 Å². The first-order valence-electron chi connectivity index (χ1n) is 6.23. The summed E-state index contributed by atoms with van der Waals surface area (Å²) in [5.74, 6) is 0.792. The summed E-state index contributed by atoms with van der Waals surface area (Å²) in [5.41, 5.74) is 7.08. The zero-order valence-corrected chi connectivity index (χ0v) is 11.0. The van der Waals surface area contributed by atoms with E-state index in [1.54, 1.807) is 6.20 Å². The molecule has 0 radical (unpaired) electrons. The highest BCUT2D eigenvalue weighted by Crippen LogP contribution is 2.23. The highest BCUT2D eigenvalue weighted by molar-refractivity contribution is 6.29. The zero-order valence-electron chi connectivity index (χ0n) is 10.3. The van der Waals surface area contributed by atoms with Crippen LogP contribution in [-0.2, 0) is 6.54 Å². The Hall–Kier alpha value is -0.640. The Morgan fingerprint density at radius 1 is 1.59 bits per heavy atom. The first kappa shape index (κ1) is 12.8. The molecule has 1 aromatic heterocycles. The van der Waals surface area contributed by atoms with Gasteiger partial charge in [-0.1, -0.05) is 18.5 Å². The Kier molecular flexibility index (Phi) is 4.37. The van der Waals surface area contributed by atoms with Crippen LogP contribution in [0.4, 0.5) is 0 Å². The van der Waals surface area contributed by atoms with Crippen LogP contribution in [-0.4, -0.2) is 29.0 Å². The minimum Gasteiger partial charge on any atom is -0.329 e. The maximum atomic E-state index is 5.90. The molecular weight excluding hydrogens is 234 g/mol. The molecule has 0 aromatic carbocycles. The molecule has 0 spiro atoms. The largest absolute Gasteiger partial charge is 0.329 e. The molecule has 0 aliphatic carbocycles. The van der Waals surface area contributed by atoms with Gasteiger partial charge in [-0.3, -0.25) is 4.90 Å². The van der Waals surface area contributed by atoms with Crippen molar-refractivity contribution in [1.82, 2.24) is 9.88 Å². The highest BCUT2D eigenvalue weighted by Gasteiger charge is 2.25. The molecule has 2 atom stereocenters. The lowest BCUT2D eigenvalue weighted by molar-refractivity contribution is 0.115. The van der Waals surface area contributed by atoms with Crippen molar-refractivity contribution in [2.45, 2.75) is 32.4 Å². The third-order valence-corrected chi connectivity index (χ3v) is 3.76. The number of likely N-dealkylation sites (tertiary alicyclic amines) is 1. The SMILES string of the molecule is CC1CCN(Cc2ccnc(Cl)c2)C(CN)C1. The fraction of sp³-hybridized carbons (Fsp3) is 0.615. The van der Waals surface area contributed by atoms with E-state index in [9.17, 15) is 0 Å². The van der Waals surface area contributed by atoms with Gasteiger partial charge in [-0.15, -0.1) is 0 Å². The van der Waals surface area contributed by atoms with Gasteiger partial charge in [0.25, 0.3) is 0 Å². The lowest BCUT2D eigenvalue weighted by atomic mass is 9.92. The number of nitrogens with zero attached hydrogens (tertiary/aromatic N) is 2. The van der Waals surface area contributed by atoms with Crippen LogP contribution in [0.3, 0.4) is 0 Å². The Morgan fingerprint density at radius 3 is 3.12 bits per heavy atom. The van der Waals surface area contributed by atoms with Crippen molar-refractivity contribution in [2.24, 2.45) is 11.7 Å². The molecule has 3 nitrogen and oxygen atoms in total.